The highest BCUT2D eigenvalue weighted by Crippen LogP contribution is 2.26. The van der Waals surface area contributed by atoms with Gasteiger partial charge in [0.2, 0.25) is 0 Å². The van der Waals surface area contributed by atoms with Crippen LogP contribution in [0.5, 0.6) is 0 Å². The lowest BCUT2D eigenvalue weighted by Crippen LogP contribution is -2.38. The lowest BCUT2D eigenvalue weighted by molar-refractivity contribution is 0.0658. The number of rotatable bonds is 3. The SMILES string of the molecule is O=C(c1ccco1)N1CCC(Cc2c[nH]c3ccccc23)CC1. The fraction of sp³-hybridized carbons (Fsp3) is 0.316. The molecule has 1 amide bonds. The van der Waals surface area contributed by atoms with Gasteiger partial charge < -0.3 is 14.3 Å². The van der Waals surface area contributed by atoms with Gasteiger partial charge in [0.1, 0.15) is 0 Å². The number of nitrogens with zero attached hydrogens (tertiary/aromatic N) is 1. The summed E-state index contributed by atoms with van der Waals surface area (Å²) in [5.74, 6) is 1.09. The number of para-hydroxylation sites is 1. The van der Waals surface area contributed by atoms with Gasteiger partial charge >= 0.3 is 0 Å². The van der Waals surface area contributed by atoms with Crippen LogP contribution in [0, 0.1) is 5.92 Å². The number of piperidine rings is 1. The summed E-state index contributed by atoms with van der Waals surface area (Å²) < 4.78 is 5.21. The zero-order chi connectivity index (χ0) is 15.6. The van der Waals surface area contributed by atoms with Crippen molar-refractivity contribution < 1.29 is 9.21 Å². The lowest BCUT2D eigenvalue weighted by Gasteiger charge is -2.31. The van der Waals surface area contributed by atoms with Gasteiger partial charge in [0.05, 0.1) is 6.26 Å². The highest BCUT2D eigenvalue weighted by atomic mass is 16.3. The minimum absolute atomic E-state index is 0.0144. The maximum Gasteiger partial charge on any atom is 0.289 e. The monoisotopic (exact) mass is 308 g/mol. The van der Waals surface area contributed by atoms with Crippen LogP contribution in [0.3, 0.4) is 0 Å². The fourth-order valence-electron chi connectivity index (χ4n) is 3.51. The topological polar surface area (TPSA) is 49.2 Å². The smallest absolute Gasteiger partial charge is 0.289 e. The zero-order valence-electron chi connectivity index (χ0n) is 13.0. The molecule has 1 N–H and O–H groups in total. The molecule has 0 atom stereocenters. The van der Waals surface area contributed by atoms with E-state index in [0.29, 0.717) is 11.7 Å². The Morgan fingerprint density at radius 3 is 2.78 bits per heavy atom. The zero-order valence-corrected chi connectivity index (χ0v) is 13.0. The highest BCUT2D eigenvalue weighted by molar-refractivity contribution is 5.91. The van der Waals surface area contributed by atoms with Crippen LogP contribution < -0.4 is 0 Å². The number of benzene rings is 1. The fourth-order valence-corrected chi connectivity index (χ4v) is 3.51. The van der Waals surface area contributed by atoms with Crippen LogP contribution in [0.15, 0.2) is 53.3 Å². The Morgan fingerprint density at radius 2 is 2.00 bits per heavy atom. The molecule has 1 aliphatic heterocycles. The van der Waals surface area contributed by atoms with Crippen LogP contribution in [-0.2, 0) is 6.42 Å². The molecule has 0 bridgehead atoms. The van der Waals surface area contributed by atoms with Crippen LogP contribution in [-0.4, -0.2) is 28.9 Å². The standard InChI is InChI=1S/C19H20N2O2/c22-19(18-6-3-11-23-18)21-9-7-14(8-10-21)12-15-13-20-17-5-2-1-4-16(15)17/h1-6,11,13-14,20H,7-10,12H2. The molecule has 1 fully saturated rings. The summed E-state index contributed by atoms with van der Waals surface area (Å²) in [5.41, 5.74) is 2.59. The number of carbonyl (C=O) groups is 1. The number of furan rings is 1. The summed E-state index contributed by atoms with van der Waals surface area (Å²) in [6.07, 6.45) is 6.85. The van der Waals surface area contributed by atoms with E-state index in [1.807, 2.05) is 4.90 Å². The minimum atomic E-state index is 0.0144. The third kappa shape index (κ3) is 2.77. The largest absolute Gasteiger partial charge is 0.459 e. The van der Waals surface area contributed by atoms with E-state index >= 15 is 0 Å². The molecule has 0 unspecified atom stereocenters. The van der Waals surface area contributed by atoms with Crippen molar-refractivity contribution >= 4 is 16.8 Å². The number of carbonyl (C=O) groups excluding carboxylic acids is 1. The highest BCUT2D eigenvalue weighted by Gasteiger charge is 2.25. The molecular formula is C19H20N2O2. The van der Waals surface area contributed by atoms with Gasteiger partial charge in [-0.15, -0.1) is 0 Å². The second kappa shape index (κ2) is 5.95. The number of aromatic nitrogens is 1. The van der Waals surface area contributed by atoms with Gasteiger partial charge in [-0.2, -0.15) is 0 Å². The van der Waals surface area contributed by atoms with Crippen molar-refractivity contribution in [2.45, 2.75) is 19.3 Å². The third-order valence-electron chi connectivity index (χ3n) is 4.82. The quantitative estimate of drug-likeness (QED) is 0.799. The Kier molecular flexibility index (Phi) is 3.66. The molecule has 118 valence electrons. The van der Waals surface area contributed by atoms with Crippen molar-refractivity contribution in [3.05, 3.63) is 60.2 Å². The second-order valence-electron chi connectivity index (χ2n) is 6.28. The van der Waals surface area contributed by atoms with Gasteiger partial charge in [0, 0.05) is 30.2 Å². The van der Waals surface area contributed by atoms with Crippen LogP contribution in [0.2, 0.25) is 0 Å². The van der Waals surface area contributed by atoms with Crippen LogP contribution >= 0.6 is 0 Å². The summed E-state index contributed by atoms with van der Waals surface area (Å²) in [6, 6.07) is 11.9. The summed E-state index contributed by atoms with van der Waals surface area (Å²) in [7, 11) is 0. The molecule has 1 saturated heterocycles. The second-order valence-corrected chi connectivity index (χ2v) is 6.28. The first-order valence-electron chi connectivity index (χ1n) is 8.19. The van der Waals surface area contributed by atoms with Crippen molar-refractivity contribution in [1.82, 2.24) is 9.88 Å². The van der Waals surface area contributed by atoms with E-state index in [1.54, 1.807) is 18.4 Å². The Bertz CT molecular complexity index is 796. The molecule has 0 saturated carbocycles. The molecule has 1 aliphatic rings. The number of hydrogen-bond acceptors (Lipinski definition) is 2. The van der Waals surface area contributed by atoms with E-state index in [-0.39, 0.29) is 5.91 Å². The number of H-pyrrole nitrogens is 1. The summed E-state index contributed by atoms with van der Waals surface area (Å²) in [5, 5.41) is 1.32. The van der Waals surface area contributed by atoms with E-state index in [1.165, 1.54) is 16.5 Å². The summed E-state index contributed by atoms with van der Waals surface area (Å²) in [4.78, 5) is 17.5. The van der Waals surface area contributed by atoms with E-state index in [4.69, 9.17) is 4.42 Å². The van der Waals surface area contributed by atoms with Crippen molar-refractivity contribution in [3.63, 3.8) is 0 Å². The Morgan fingerprint density at radius 1 is 1.17 bits per heavy atom. The molecular weight excluding hydrogens is 288 g/mol. The van der Waals surface area contributed by atoms with E-state index in [9.17, 15) is 4.79 Å². The lowest BCUT2D eigenvalue weighted by atomic mass is 9.90. The van der Waals surface area contributed by atoms with Crippen molar-refractivity contribution in [3.8, 4) is 0 Å². The molecule has 3 heterocycles. The van der Waals surface area contributed by atoms with Crippen LogP contribution in [0.1, 0.15) is 29.0 Å². The molecule has 0 aliphatic carbocycles. The Hall–Kier alpha value is -2.49. The predicted octanol–water partition coefficient (Wildman–Crippen LogP) is 3.86. The average Bonchev–Trinajstić information content (AvgIpc) is 3.25. The predicted molar refractivity (Wildman–Crippen MR) is 89.3 cm³/mol. The summed E-state index contributed by atoms with van der Waals surface area (Å²) >= 11 is 0. The van der Waals surface area contributed by atoms with Gasteiger partial charge in [0.25, 0.3) is 5.91 Å². The number of likely N-dealkylation sites (tertiary alicyclic amines) is 1. The van der Waals surface area contributed by atoms with E-state index in [0.717, 1.165) is 32.4 Å². The first kappa shape index (κ1) is 14.1. The van der Waals surface area contributed by atoms with Gasteiger partial charge in [-0.05, 0) is 48.9 Å². The number of hydrogen-bond donors (Lipinski definition) is 1. The molecule has 4 nitrogen and oxygen atoms in total. The molecule has 0 spiro atoms. The Balaban J connectivity index is 1.39. The summed E-state index contributed by atoms with van der Waals surface area (Å²) in [6.45, 7) is 1.62. The van der Waals surface area contributed by atoms with Gasteiger partial charge in [-0.3, -0.25) is 4.79 Å². The maximum absolute atomic E-state index is 12.3. The molecule has 1 aromatic carbocycles. The van der Waals surface area contributed by atoms with Crippen molar-refractivity contribution in [1.29, 1.82) is 0 Å². The van der Waals surface area contributed by atoms with Gasteiger partial charge in [0.15, 0.2) is 5.76 Å². The van der Waals surface area contributed by atoms with Gasteiger partial charge in [-0.1, -0.05) is 18.2 Å². The molecule has 2 aromatic heterocycles. The minimum Gasteiger partial charge on any atom is -0.459 e. The molecule has 4 heteroatoms. The first-order valence-corrected chi connectivity index (χ1v) is 8.19. The molecule has 0 radical (unpaired) electrons. The normalized spacial score (nSPS) is 16.1. The van der Waals surface area contributed by atoms with Gasteiger partial charge in [-0.25, -0.2) is 0 Å². The van der Waals surface area contributed by atoms with Crippen molar-refractivity contribution in [2.75, 3.05) is 13.1 Å². The van der Waals surface area contributed by atoms with Crippen molar-refractivity contribution in [2.24, 2.45) is 5.92 Å². The number of fused-ring (bicyclic) bond motifs is 1. The number of nitrogens with one attached hydrogen (secondary N) is 1. The molecule has 3 aromatic rings. The number of aromatic amines is 1. The third-order valence-corrected chi connectivity index (χ3v) is 4.82. The van der Waals surface area contributed by atoms with Crippen LogP contribution in [0.4, 0.5) is 0 Å². The first-order chi connectivity index (χ1) is 11.3. The Labute approximate surface area is 135 Å². The average molecular weight is 308 g/mol. The van der Waals surface area contributed by atoms with E-state index < -0.39 is 0 Å². The molecule has 23 heavy (non-hydrogen) atoms. The number of amides is 1. The van der Waals surface area contributed by atoms with E-state index in [2.05, 4.69) is 35.4 Å². The maximum atomic E-state index is 12.3. The molecule has 4 rings (SSSR count). The van der Waals surface area contributed by atoms with Crippen LogP contribution in [0.25, 0.3) is 10.9 Å².